The van der Waals surface area contributed by atoms with Crippen molar-refractivity contribution in [1.82, 2.24) is 0 Å². The maximum atomic E-state index is 13.3. The smallest absolute Gasteiger partial charge is 0.265 e. The zero-order valence-corrected chi connectivity index (χ0v) is 18.6. The first-order chi connectivity index (χ1) is 15.6. The van der Waals surface area contributed by atoms with Gasteiger partial charge in [0.1, 0.15) is 12.4 Å². The minimum absolute atomic E-state index is 0.323. The fraction of sp³-hybridized carbons (Fsp3) is 0.0769. The van der Waals surface area contributed by atoms with E-state index in [1.54, 1.807) is 30.3 Å². The second-order valence-electron chi connectivity index (χ2n) is 7.40. The van der Waals surface area contributed by atoms with Gasteiger partial charge in [0.2, 0.25) is 0 Å². The molecule has 1 heterocycles. The van der Waals surface area contributed by atoms with Gasteiger partial charge in [0.25, 0.3) is 11.8 Å². The molecule has 5 rings (SSSR count). The molecule has 0 saturated heterocycles. The highest BCUT2D eigenvalue weighted by Gasteiger charge is 2.34. The fourth-order valence-electron chi connectivity index (χ4n) is 3.97. The van der Waals surface area contributed by atoms with Crippen LogP contribution >= 0.6 is 15.9 Å². The standard InChI is InChI=1S/C26H19BrN2O3/c27-17-6-4-7-18(16-17)29-25(30)21-11-5-10-20-23(13-12-22(24(20)21)26(29)31)28-14-15-32-19-8-2-1-3-9-19/h1-13,16,28H,14-15H2. The molecule has 1 N–H and O–H groups in total. The van der Waals surface area contributed by atoms with Crippen molar-refractivity contribution in [2.75, 3.05) is 23.4 Å². The van der Waals surface area contributed by atoms with Crippen molar-refractivity contribution in [1.29, 1.82) is 0 Å². The topological polar surface area (TPSA) is 58.6 Å². The maximum Gasteiger partial charge on any atom is 0.265 e. The highest BCUT2D eigenvalue weighted by molar-refractivity contribution is 9.10. The third-order valence-corrected chi connectivity index (χ3v) is 5.90. The number of carbonyl (C=O) groups excluding carboxylic acids is 2. The summed E-state index contributed by atoms with van der Waals surface area (Å²) in [5.74, 6) is 0.168. The quantitative estimate of drug-likeness (QED) is 0.272. The Morgan fingerprint density at radius 2 is 1.56 bits per heavy atom. The van der Waals surface area contributed by atoms with E-state index in [0.29, 0.717) is 35.4 Å². The normalized spacial score (nSPS) is 12.8. The summed E-state index contributed by atoms with van der Waals surface area (Å²) < 4.78 is 6.55. The van der Waals surface area contributed by atoms with Gasteiger partial charge in [0, 0.05) is 38.6 Å². The maximum absolute atomic E-state index is 13.3. The number of para-hydroxylation sites is 1. The van der Waals surface area contributed by atoms with Crippen LogP contribution in [-0.4, -0.2) is 25.0 Å². The first kappa shape index (κ1) is 20.3. The Bertz CT molecular complexity index is 1320. The summed E-state index contributed by atoms with van der Waals surface area (Å²) >= 11 is 3.42. The van der Waals surface area contributed by atoms with E-state index in [2.05, 4.69) is 21.2 Å². The van der Waals surface area contributed by atoms with Crippen LogP contribution in [0.1, 0.15) is 20.7 Å². The molecule has 2 amide bonds. The van der Waals surface area contributed by atoms with Crippen LogP contribution < -0.4 is 15.0 Å². The van der Waals surface area contributed by atoms with Gasteiger partial charge in [0.15, 0.2) is 0 Å². The molecule has 0 unspecified atom stereocenters. The number of rotatable bonds is 6. The number of nitrogens with one attached hydrogen (secondary N) is 1. The monoisotopic (exact) mass is 486 g/mol. The summed E-state index contributed by atoms with van der Waals surface area (Å²) in [4.78, 5) is 27.8. The van der Waals surface area contributed by atoms with Gasteiger partial charge < -0.3 is 10.1 Å². The molecule has 0 fully saturated rings. The van der Waals surface area contributed by atoms with Crippen LogP contribution in [0.4, 0.5) is 11.4 Å². The van der Waals surface area contributed by atoms with Crippen molar-refractivity contribution < 1.29 is 14.3 Å². The highest BCUT2D eigenvalue weighted by Crippen LogP contribution is 2.36. The van der Waals surface area contributed by atoms with Gasteiger partial charge in [-0.25, -0.2) is 4.90 Å². The number of hydrogen-bond donors (Lipinski definition) is 1. The zero-order chi connectivity index (χ0) is 22.1. The summed E-state index contributed by atoms with van der Waals surface area (Å²) in [6.07, 6.45) is 0. The number of halogens is 1. The van der Waals surface area contributed by atoms with Crippen molar-refractivity contribution in [2.45, 2.75) is 0 Å². The number of ether oxygens (including phenoxy) is 1. The van der Waals surface area contributed by atoms with Gasteiger partial charge in [-0.3, -0.25) is 9.59 Å². The second-order valence-corrected chi connectivity index (χ2v) is 8.32. The molecular formula is C26H19BrN2O3. The van der Waals surface area contributed by atoms with E-state index < -0.39 is 0 Å². The van der Waals surface area contributed by atoms with Crippen LogP contribution in [0.3, 0.4) is 0 Å². The van der Waals surface area contributed by atoms with Crippen LogP contribution in [0.25, 0.3) is 10.8 Å². The third kappa shape index (κ3) is 3.63. The molecule has 4 aromatic rings. The van der Waals surface area contributed by atoms with Gasteiger partial charge in [-0.15, -0.1) is 0 Å². The molecule has 1 aliphatic heterocycles. The van der Waals surface area contributed by atoms with Crippen molar-refractivity contribution >= 4 is 49.9 Å². The molecule has 158 valence electrons. The Balaban J connectivity index is 1.44. The lowest BCUT2D eigenvalue weighted by atomic mass is 9.92. The van der Waals surface area contributed by atoms with E-state index in [9.17, 15) is 9.59 Å². The van der Waals surface area contributed by atoms with E-state index in [-0.39, 0.29) is 11.8 Å². The number of nitrogens with zero attached hydrogens (tertiary/aromatic N) is 1. The number of hydrogen-bond acceptors (Lipinski definition) is 4. The summed E-state index contributed by atoms with van der Waals surface area (Å²) in [7, 11) is 0. The highest BCUT2D eigenvalue weighted by atomic mass is 79.9. The number of carbonyl (C=O) groups is 2. The van der Waals surface area contributed by atoms with E-state index in [0.717, 1.165) is 21.3 Å². The number of benzene rings is 4. The molecule has 32 heavy (non-hydrogen) atoms. The van der Waals surface area contributed by atoms with E-state index in [1.165, 1.54) is 4.90 Å². The van der Waals surface area contributed by atoms with Gasteiger partial charge >= 0.3 is 0 Å². The Kier molecular flexibility index (Phi) is 5.37. The van der Waals surface area contributed by atoms with Crippen molar-refractivity contribution in [3.05, 3.63) is 101 Å². The zero-order valence-electron chi connectivity index (χ0n) is 17.0. The van der Waals surface area contributed by atoms with Gasteiger partial charge in [-0.05, 0) is 48.5 Å². The Morgan fingerprint density at radius 1 is 0.812 bits per heavy atom. The largest absolute Gasteiger partial charge is 0.492 e. The number of amides is 2. The molecule has 1 aliphatic rings. The molecule has 6 heteroatoms. The SMILES string of the molecule is O=C1c2cccc3c(NCCOc4ccccc4)ccc(c23)C(=O)N1c1cccc(Br)c1. The van der Waals surface area contributed by atoms with Gasteiger partial charge in [-0.2, -0.15) is 0 Å². The second kappa shape index (κ2) is 8.48. The predicted octanol–water partition coefficient (Wildman–Crippen LogP) is 5.89. The lowest BCUT2D eigenvalue weighted by Gasteiger charge is -2.28. The fourth-order valence-corrected chi connectivity index (χ4v) is 4.36. The van der Waals surface area contributed by atoms with Gasteiger partial charge in [-0.1, -0.05) is 52.3 Å². The summed E-state index contributed by atoms with van der Waals surface area (Å²) in [5.41, 5.74) is 2.43. The van der Waals surface area contributed by atoms with Crippen molar-refractivity contribution in [3.63, 3.8) is 0 Å². The van der Waals surface area contributed by atoms with E-state index in [4.69, 9.17) is 4.74 Å². The Labute approximate surface area is 193 Å². The lowest BCUT2D eigenvalue weighted by molar-refractivity contribution is 0.0893. The average molecular weight is 487 g/mol. The van der Waals surface area contributed by atoms with E-state index in [1.807, 2.05) is 54.6 Å². The number of imide groups is 1. The summed E-state index contributed by atoms with van der Waals surface area (Å²) in [6, 6.07) is 26.0. The lowest BCUT2D eigenvalue weighted by Crippen LogP contribution is -2.40. The molecule has 5 nitrogen and oxygen atoms in total. The van der Waals surface area contributed by atoms with Crippen LogP contribution in [0, 0.1) is 0 Å². The van der Waals surface area contributed by atoms with Gasteiger partial charge in [0.05, 0.1) is 5.69 Å². The molecule has 0 spiro atoms. The molecule has 4 aromatic carbocycles. The van der Waals surface area contributed by atoms with E-state index >= 15 is 0 Å². The molecule has 0 bridgehead atoms. The summed E-state index contributed by atoms with van der Waals surface area (Å²) in [5, 5.41) is 4.90. The van der Waals surface area contributed by atoms with Crippen LogP contribution in [0.5, 0.6) is 5.75 Å². The minimum Gasteiger partial charge on any atom is -0.492 e. The third-order valence-electron chi connectivity index (χ3n) is 5.40. The minimum atomic E-state index is -0.323. The molecule has 0 aliphatic carbocycles. The predicted molar refractivity (Wildman–Crippen MR) is 130 cm³/mol. The first-order valence-corrected chi connectivity index (χ1v) is 11.0. The average Bonchev–Trinajstić information content (AvgIpc) is 2.81. The Morgan fingerprint density at radius 3 is 2.34 bits per heavy atom. The first-order valence-electron chi connectivity index (χ1n) is 10.3. The molecule has 0 radical (unpaired) electrons. The number of anilines is 2. The molecule has 0 atom stereocenters. The molecule has 0 saturated carbocycles. The Hall–Kier alpha value is -3.64. The van der Waals surface area contributed by atoms with Crippen molar-refractivity contribution in [3.8, 4) is 5.75 Å². The van der Waals surface area contributed by atoms with Crippen molar-refractivity contribution in [2.24, 2.45) is 0 Å². The van der Waals surface area contributed by atoms with Crippen LogP contribution in [-0.2, 0) is 0 Å². The molecule has 0 aromatic heterocycles. The van der Waals surface area contributed by atoms with Crippen LogP contribution in [0.2, 0.25) is 0 Å². The van der Waals surface area contributed by atoms with Crippen LogP contribution in [0.15, 0.2) is 89.4 Å². The summed E-state index contributed by atoms with van der Waals surface area (Å²) in [6.45, 7) is 1.07. The molecular weight excluding hydrogens is 468 g/mol.